The number of aryl methyl sites for hydroxylation is 1. The van der Waals surface area contributed by atoms with E-state index in [1.807, 2.05) is 20.8 Å². The van der Waals surface area contributed by atoms with E-state index in [-0.39, 0.29) is 16.6 Å². The number of oxazole rings is 1. The standard InChI is InChI=1S/C13H17ClN4O2/c1-4-9-5-16-11(20-9)7-15-10-6-17-18(8(2)3)13(19)12(10)14/h5-6,8,15H,4,7H2,1-3H3. The molecule has 0 fully saturated rings. The maximum absolute atomic E-state index is 12.0. The Kier molecular flexibility index (Phi) is 4.44. The number of anilines is 1. The van der Waals surface area contributed by atoms with Gasteiger partial charge in [0.25, 0.3) is 5.56 Å². The van der Waals surface area contributed by atoms with E-state index in [1.54, 1.807) is 6.20 Å². The van der Waals surface area contributed by atoms with Crippen molar-refractivity contribution in [1.82, 2.24) is 14.8 Å². The van der Waals surface area contributed by atoms with Crippen LogP contribution < -0.4 is 10.9 Å². The molecule has 0 aliphatic carbocycles. The first-order valence-corrected chi connectivity index (χ1v) is 6.85. The summed E-state index contributed by atoms with van der Waals surface area (Å²) < 4.78 is 6.81. The Balaban J connectivity index is 2.14. The zero-order valence-corrected chi connectivity index (χ0v) is 12.4. The molecule has 6 nitrogen and oxygen atoms in total. The van der Waals surface area contributed by atoms with E-state index in [1.165, 1.54) is 10.9 Å². The van der Waals surface area contributed by atoms with Crippen molar-refractivity contribution < 1.29 is 4.42 Å². The van der Waals surface area contributed by atoms with Crippen molar-refractivity contribution in [2.24, 2.45) is 0 Å². The molecule has 108 valence electrons. The van der Waals surface area contributed by atoms with E-state index in [0.29, 0.717) is 18.1 Å². The van der Waals surface area contributed by atoms with E-state index in [9.17, 15) is 4.79 Å². The normalized spacial score (nSPS) is 11.1. The Morgan fingerprint density at radius 3 is 2.80 bits per heavy atom. The van der Waals surface area contributed by atoms with Crippen LogP contribution in [0.3, 0.4) is 0 Å². The molecule has 0 aliphatic heterocycles. The Morgan fingerprint density at radius 1 is 1.45 bits per heavy atom. The summed E-state index contributed by atoms with van der Waals surface area (Å²) in [6, 6.07) is -0.0343. The van der Waals surface area contributed by atoms with Crippen molar-refractivity contribution >= 4 is 17.3 Å². The van der Waals surface area contributed by atoms with E-state index >= 15 is 0 Å². The lowest BCUT2D eigenvalue weighted by Gasteiger charge is -2.11. The lowest BCUT2D eigenvalue weighted by Crippen LogP contribution is -2.25. The van der Waals surface area contributed by atoms with Gasteiger partial charge in [-0.05, 0) is 13.8 Å². The molecule has 0 unspecified atom stereocenters. The number of hydrogen-bond acceptors (Lipinski definition) is 5. The summed E-state index contributed by atoms with van der Waals surface area (Å²) in [5.74, 6) is 1.37. The summed E-state index contributed by atoms with van der Waals surface area (Å²) in [4.78, 5) is 16.1. The van der Waals surface area contributed by atoms with Gasteiger partial charge in [0.2, 0.25) is 5.89 Å². The fraction of sp³-hybridized carbons (Fsp3) is 0.462. The van der Waals surface area contributed by atoms with Crippen LogP contribution in [-0.4, -0.2) is 14.8 Å². The maximum Gasteiger partial charge on any atom is 0.287 e. The second kappa shape index (κ2) is 6.09. The lowest BCUT2D eigenvalue weighted by molar-refractivity contribution is 0.465. The SMILES string of the molecule is CCc1cnc(CNc2cnn(C(C)C)c(=O)c2Cl)o1. The number of halogens is 1. The van der Waals surface area contributed by atoms with Gasteiger partial charge in [0.1, 0.15) is 10.8 Å². The smallest absolute Gasteiger partial charge is 0.287 e. The summed E-state index contributed by atoms with van der Waals surface area (Å²) in [5, 5.41) is 7.21. The van der Waals surface area contributed by atoms with Gasteiger partial charge in [-0.2, -0.15) is 5.10 Å². The van der Waals surface area contributed by atoms with Gasteiger partial charge in [0.05, 0.1) is 30.7 Å². The minimum Gasteiger partial charge on any atom is -0.444 e. The molecule has 0 aliphatic rings. The molecule has 2 aromatic heterocycles. The van der Waals surface area contributed by atoms with Crippen LogP contribution in [0.1, 0.15) is 38.5 Å². The molecule has 0 amide bonds. The predicted octanol–water partition coefficient (Wildman–Crippen LogP) is 2.64. The summed E-state index contributed by atoms with van der Waals surface area (Å²) in [6.07, 6.45) is 4.01. The zero-order valence-electron chi connectivity index (χ0n) is 11.7. The first kappa shape index (κ1) is 14.6. The van der Waals surface area contributed by atoms with Crippen LogP contribution in [0.5, 0.6) is 0 Å². The molecule has 7 heteroatoms. The van der Waals surface area contributed by atoms with Crippen LogP contribution in [0.2, 0.25) is 5.02 Å². The Bertz CT molecular complexity index is 648. The molecular weight excluding hydrogens is 280 g/mol. The topological polar surface area (TPSA) is 73.0 Å². The number of nitrogens with one attached hydrogen (secondary N) is 1. The van der Waals surface area contributed by atoms with Crippen molar-refractivity contribution in [1.29, 1.82) is 0 Å². The van der Waals surface area contributed by atoms with Gasteiger partial charge in [-0.25, -0.2) is 9.67 Å². The Hall–Kier alpha value is -1.82. The quantitative estimate of drug-likeness (QED) is 0.918. The number of nitrogens with zero attached hydrogens (tertiary/aromatic N) is 3. The van der Waals surface area contributed by atoms with Crippen LogP contribution in [-0.2, 0) is 13.0 Å². The van der Waals surface area contributed by atoms with Gasteiger partial charge in [-0.15, -0.1) is 0 Å². The third-order valence-corrected chi connectivity index (χ3v) is 3.18. The van der Waals surface area contributed by atoms with E-state index < -0.39 is 0 Å². The molecule has 20 heavy (non-hydrogen) atoms. The minimum atomic E-state index is -0.312. The average molecular weight is 297 g/mol. The largest absolute Gasteiger partial charge is 0.444 e. The Labute approximate surface area is 121 Å². The molecule has 0 saturated heterocycles. The molecule has 0 saturated carbocycles. The predicted molar refractivity (Wildman–Crippen MR) is 77.1 cm³/mol. The summed E-state index contributed by atoms with van der Waals surface area (Å²) >= 11 is 6.05. The summed E-state index contributed by atoms with van der Waals surface area (Å²) in [5.41, 5.74) is 0.165. The minimum absolute atomic E-state index is 0.0343. The van der Waals surface area contributed by atoms with E-state index in [2.05, 4.69) is 15.4 Å². The number of hydrogen-bond donors (Lipinski definition) is 1. The van der Waals surface area contributed by atoms with Gasteiger partial charge < -0.3 is 9.73 Å². The third kappa shape index (κ3) is 3.01. The van der Waals surface area contributed by atoms with Crippen LogP contribution >= 0.6 is 11.6 Å². The van der Waals surface area contributed by atoms with E-state index in [4.69, 9.17) is 16.0 Å². The highest BCUT2D eigenvalue weighted by Gasteiger charge is 2.11. The number of rotatable bonds is 5. The van der Waals surface area contributed by atoms with Crippen LogP contribution in [0.15, 0.2) is 21.6 Å². The highest BCUT2D eigenvalue weighted by atomic mass is 35.5. The van der Waals surface area contributed by atoms with Gasteiger partial charge in [-0.1, -0.05) is 18.5 Å². The summed E-state index contributed by atoms with van der Waals surface area (Å²) in [6.45, 7) is 6.09. The van der Waals surface area contributed by atoms with Gasteiger partial charge in [0, 0.05) is 6.42 Å². The first-order chi connectivity index (χ1) is 9.52. The highest BCUT2D eigenvalue weighted by Crippen LogP contribution is 2.17. The monoisotopic (exact) mass is 296 g/mol. The van der Waals surface area contributed by atoms with Crippen LogP contribution in [0, 0.1) is 0 Å². The lowest BCUT2D eigenvalue weighted by atomic mass is 10.4. The van der Waals surface area contributed by atoms with E-state index in [0.717, 1.165) is 12.2 Å². The summed E-state index contributed by atoms with van der Waals surface area (Å²) in [7, 11) is 0. The molecule has 2 heterocycles. The second-order valence-corrected chi connectivity index (χ2v) is 5.02. The van der Waals surface area contributed by atoms with Gasteiger partial charge in [0.15, 0.2) is 0 Å². The van der Waals surface area contributed by atoms with Gasteiger partial charge >= 0.3 is 0 Å². The second-order valence-electron chi connectivity index (χ2n) is 4.64. The van der Waals surface area contributed by atoms with Crippen molar-refractivity contribution in [2.75, 3.05) is 5.32 Å². The fourth-order valence-electron chi connectivity index (χ4n) is 1.70. The molecule has 0 bridgehead atoms. The highest BCUT2D eigenvalue weighted by molar-refractivity contribution is 6.32. The van der Waals surface area contributed by atoms with Crippen LogP contribution in [0.25, 0.3) is 0 Å². The third-order valence-electron chi connectivity index (χ3n) is 2.81. The number of aromatic nitrogens is 3. The Morgan fingerprint density at radius 2 is 2.20 bits per heavy atom. The van der Waals surface area contributed by atoms with Crippen LogP contribution in [0.4, 0.5) is 5.69 Å². The molecule has 0 spiro atoms. The van der Waals surface area contributed by atoms with Crippen molar-refractivity contribution in [3.8, 4) is 0 Å². The molecule has 2 aromatic rings. The molecule has 1 N–H and O–H groups in total. The zero-order chi connectivity index (χ0) is 14.7. The van der Waals surface area contributed by atoms with Gasteiger partial charge in [-0.3, -0.25) is 4.79 Å². The fourth-order valence-corrected chi connectivity index (χ4v) is 1.90. The molecular formula is C13H17ClN4O2. The molecule has 0 atom stereocenters. The van der Waals surface area contributed by atoms with Crippen molar-refractivity contribution in [3.63, 3.8) is 0 Å². The van der Waals surface area contributed by atoms with Crippen molar-refractivity contribution in [3.05, 3.63) is 39.4 Å². The average Bonchev–Trinajstić information content (AvgIpc) is 2.88. The first-order valence-electron chi connectivity index (χ1n) is 6.47. The molecule has 0 aromatic carbocycles. The molecule has 0 radical (unpaired) electrons. The maximum atomic E-state index is 12.0. The van der Waals surface area contributed by atoms with Crippen molar-refractivity contribution in [2.45, 2.75) is 39.8 Å². The molecule has 2 rings (SSSR count).